The van der Waals surface area contributed by atoms with E-state index in [0.29, 0.717) is 19.2 Å². The Kier molecular flexibility index (Phi) is 6.67. The van der Waals surface area contributed by atoms with Crippen LogP contribution in [0.5, 0.6) is 5.75 Å². The van der Waals surface area contributed by atoms with Crippen molar-refractivity contribution in [3.63, 3.8) is 0 Å². The van der Waals surface area contributed by atoms with Gasteiger partial charge in [0.05, 0.1) is 19.8 Å². The van der Waals surface area contributed by atoms with Crippen LogP contribution >= 0.6 is 0 Å². The maximum Gasteiger partial charge on any atom is 0.234 e. The molecule has 0 radical (unpaired) electrons. The number of carbonyl (C=O) groups is 1. The van der Waals surface area contributed by atoms with E-state index in [9.17, 15) is 4.79 Å². The first-order valence-electron chi connectivity index (χ1n) is 9.19. The van der Waals surface area contributed by atoms with E-state index < -0.39 is 0 Å². The Morgan fingerprint density at radius 1 is 1.24 bits per heavy atom. The summed E-state index contributed by atoms with van der Waals surface area (Å²) in [4.78, 5) is 16.9. The Bertz CT molecular complexity index is 553. The highest BCUT2D eigenvalue weighted by atomic mass is 16.5. The number of para-hydroxylation sites is 1. The predicted molar refractivity (Wildman–Crippen MR) is 96.7 cm³/mol. The van der Waals surface area contributed by atoms with Crippen molar-refractivity contribution in [3.8, 4) is 5.75 Å². The third kappa shape index (κ3) is 5.42. The van der Waals surface area contributed by atoms with Crippen LogP contribution in [0.3, 0.4) is 0 Å². The monoisotopic (exact) mass is 347 g/mol. The second-order valence-corrected chi connectivity index (χ2v) is 6.80. The van der Waals surface area contributed by atoms with Crippen LogP contribution in [-0.2, 0) is 16.1 Å². The normalized spacial score (nSPS) is 22.0. The molecule has 0 bridgehead atoms. The van der Waals surface area contributed by atoms with Crippen LogP contribution in [0.4, 0.5) is 0 Å². The highest BCUT2D eigenvalue weighted by Gasteiger charge is 2.23. The lowest BCUT2D eigenvalue weighted by Crippen LogP contribution is -2.50. The molecule has 1 atom stereocenters. The predicted octanol–water partition coefficient (Wildman–Crippen LogP) is 1.11. The van der Waals surface area contributed by atoms with Gasteiger partial charge in [0.15, 0.2) is 0 Å². The number of hydrogen-bond acceptors (Lipinski definition) is 5. The molecule has 1 unspecified atom stereocenters. The van der Waals surface area contributed by atoms with Gasteiger partial charge in [-0.2, -0.15) is 0 Å². The molecule has 2 aliphatic rings. The summed E-state index contributed by atoms with van der Waals surface area (Å²) in [6.07, 6.45) is 2.79. The lowest BCUT2D eigenvalue weighted by Gasteiger charge is -2.35. The van der Waals surface area contributed by atoms with Crippen LogP contribution in [0, 0.1) is 0 Å². The third-order valence-electron chi connectivity index (χ3n) is 4.99. The fourth-order valence-corrected chi connectivity index (χ4v) is 3.51. The Labute approximate surface area is 150 Å². The van der Waals surface area contributed by atoms with E-state index in [0.717, 1.165) is 50.6 Å². The van der Waals surface area contributed by atoms with Gasteiger partial charge in [-0.15, -0.1) is 0 Å². The van der Waals surface area contributed by atoms with Crippen LogP contribution in [0.15, 0.2) is 24.3 Å². The molecule has 2 aliphatic heterocycles. The van der Waals surface area contributed by atoms with Gasteiger partial charge in [-0.05, 0) is 18.9 Å². The first-order valence-corrected chi connectivity index (χ1v) is 9.19. The highest BCUT2D eigenvalue weighted by molar-refractivity contribution is 5.78. The van der Waals surface area contributed by atoms with E-state index in [1.165, 1.54) is 12.8 Å². The number of hydrogen-bond donors (Lipinski definition) is 1. The molecule has 3 rings (SSSR count). The summed E-state index contributed by atoms with van der Waals surface area (Å²) in [6.45, 7) is 6.82. The molecule has 1 aromatic carbocycles. The van der Waals surface area contributed by atoms with Gasteiger partial charge >= 0.3 is 0 Å². The van der Waals surface area contributed by atoms with Gasteiger partial charge in [-0.25, -0.2) is 0 Å². The zero-order chi connectivity index (χ0) is 17.5. The molecule has 2 heterocycles. The molecule has 2 saturated heterocycles. The first-order chi connectivity index (χ1) is 12.2. The Morgan fingerprint density at radius 3 is 2.72 bits per heavy atom. The Balaban J connectivity index is 1.36. The molecule has 6 heteroatoms. The molecule has 0 saturated carbocycles. The summed E-state index contributed by atoms with van der Waals surface area (Å²) in [5.41, 5.74) is 1.000. The van der Waals surface area contributed by atoms with Gasteiger partial charge < -0.3 is 14.8 Å². The topological polar surface area (TPSA) is 54.0 Å². The van der Waals surface area contributed by atoms with Gasteiger partial charge in [0.2, 0.25) is 5.91 Å². The van der Waals surface area contributed by atoms with Crippen LogP contribution in [0.1, 0.15) is 18.4 Å². The van der Waals surface area contributed by atoms with E-state index in [1.807, 2.05) is 24.3 Å². The molecule has 1 aromatic rings. The standard InChI is InChI=1S/C19H29N3O3/c1-24-18-7-3-2-5-16(18)13-20-19(23)15-22-10-8-21(9-11-22)14-17-6-4-12-25-17/h2-3,5,7,17H,4,6,8-15H2,1H3,(H,20,23). The quantitative estimate of drug-likeness (QED) is 0.801. The molecule has 138 valence electrons. The molecular formula is C19H29N3O3. The van der Waals surface area contributed by atoms with Crippen LogP contribution in [0.2, 0.25) is 0 Å². The van der Waals surface area contributed by atoms with E-state index in [1.54, 1.807) is 7.11 Å². The molecule has 1 N–H and O–H groups in total. The second kappa shape index (κ2) is 9.17. The SMILES string of the molecule is COc1ccccc1CNC(=O)CN1CCN(CC2CCCO2)CC1. The van der Waals surface area contributed by atoms with Crippen molar-refractivity contribution < 1.29 is 14.3 Å². The van der Waals surface area contributed by atoms with Gasteiger partial charge in [0.1, 0.15) is 5.75 Å². The fraction of sp³-hybridized carbons (Fsp3) is 0.632. The molecule has 2 fully saturated rings. The second-order valence-electron chi connectivity index (χ2n) is 6.80. The van der Waals surface area contributed by atoms with Gasteiger partial charge in [-0.1, -0.05) is 18.2 Å². The molecule has 1 amide bonds. The van der Waals surface area contributed by atoms with Crippen molar-refractivity contribution in [2.75, 3.05) is 53.0 Å². The highest BCUT2D eigenvalue weighted by Crippen LogP contribution is 2.17. The number of piperazine rings is 1. The summed E-state index contributed by atoms with van der Waals surface area (Å²) in [5, 5.41) is 3.00. The molecule has 0 aromatic heterocycles. The Morgan fingerprint density at radius 2 is 2.00 bits per heavy atom. The van der Waals surface area contributed by atoms with Crippen molar-refractivity contribution in [3.05, 3.63) is 29.8 Å². The Hall–Kier alpha value is -1.63. The van der Waals surface area contributed by atoms with Crippen LogP contribution in [-0.4, -0.2) is 74.8 Å². The number of methoxy groups -OCH3 is 1. The van der Waals surface area contributed by atoms with Gasteiger partial charge in [-0.3, -0.25) is 14.6 Å². The van der Waals surface area contributed by atoms with Crippen molar-refractivity contribution in [1.82, 2.24) is 15.1 Å². The zero-order valence-corrected chi connectivity index (χ0v) is 15.1. The number of amides is 1. The first kappa shape index (κ1) is 18.2. The largest absolute Gasteiger partial charge is 0.496 e. The smallest absolute Gasteiger partial charge is 0.234 e. The molecule has 25 heavy (non-hydrogen) atoms. The number of nitrogens with zero attached hydrogens (tertiary/aromatic N) is 2. The maximum atomic E-state index is 12.2. The average molecular weight is 347 g/mol. The van der Waals surface area contributed by atoms with Crippen LogP contribution in [0.25, 0.3) is 0 Å². The zero-order valence-electron chi connectivity index (χ0n) is 15.1. The van der Waals surface area contributed by atoms with E-state index in [4.69, 9.17) is 9.47 Å². The van der Waals surface area contributed by atoms with E-state index in [-0.39, 0.29) is 5.91 Å². The number of carbonyl (C=O) groups excluding carboxylic acids is 1. The summed E-state index contributed by atoms with van der Waals surface area (Å²) < 4.78 is 11.0. The van der Waals surface area contributed by atoms with Crippen LogP contribution < -0.4 is 10.1 Å². The lowest BCUT2D eigenvalue weighted by atomic mass is 10.2. The van der Waals surface area contributed by atoms with Crippen molar-refractivity contribution in [2.45, 2.75) is 25.5 Å². The number of benzene rings is 1. The minimum Gasteiger partial charge on any atom is -0.496 e. The molecule has 0 aliphatic carbocycles. The summed E-state index contributed by atoms with van der Waals surface area (Å²) in [5.74, 6) is 0.879. The maximum absolute atomic E-state index is 12.2. The summed E-state index contributed by atoms with van der Waals surface area (Å²) in [6, 6.07) is 7.77. The number of ether oxygens (including phenoxy) is 2. The molecular weight excluding hydrogens is 318 g/mol. The third-order valence-corrected chi connectivity index (χ3v) is 4.99. The molecule has 0 spiro atoms. The van der Waals surface area contributed by atoms with Gasteiger partial charge in [0.25, 0.3) is 0 Å². The van der Waals surface area contributed by atoms with Gasteiger partial charge in [0, 0.05) is 51.4 Å². The number of nitrogens with one attached hydrogen (secondary N) is 1. The average Bonchev–Trinajstić information content (AvgIpc) is 3.15. The van der Waals surface area contributed by atoms with Crippen molar-refractivity contribution >= 4 is 5.91 Å². The van der Waals surface area contributed by atoms with Crippen molar-refractivity contribution in [1.29, 1.82) is 0 Å². The summed E-state index contributed by atoms with van der Waals surface area (Å²) in [7, 11) is 1.65. The minimum absolute atomic E-state index is 0.0680. The fourth-order valence-electron chi connectivity index (χ4n) is 3.51. The van der Waals surface area contributed by atoms with E-state index in [2.05, 4.69) is 15.1 Å². The number of rotatable bonds is 7. The molecule has 6 nitrogen and oxygen atoms in total. The minimum atomic E-state index is 0.0680. The van der Waals surface area contributed by atoms with Crippen molar-refractivity contribution in [2.24, 2.45) is 0 Å². The van der Waals surface area contributed by atoms with E-state index >= 15 is 0 Å². The lowest BCUT2D eigenvalue weighted by molar-refractivity contribution is -0.122. The summed E-state index contributed by atoms with van der Waals surface area (Å²) >= 11 is 0.